The molecule has 2 aromatic heterocycles. The number of thiazole rings is 1. The average molecular weight is 334 g/mol. The highest BCUT2D eigenvalue weighted by Crippen LogP contribution is 2.26. The zero-order valence-corrected chi connectivity index (χ0v) is 15.3. The molecule has 126 valence electrons. The van der Waals surface area contributed by atoms with E-state index in [4.69, 9.17) is 9.51 Å². The Kier molecular flexibility index (Phi) is 4.85. The molecule has 1 aliphatic rings. The fourth-order valence-electron chi connectivity index (χ4n) is 2.77. The molecule has 0 aromatic carbocycles. The number of hydrogen-bond acceptors (Lipinski definition) is 6. The van der Waals surface area contributed by atoms with Gasteiger partial charge in [-0.15, -0.1) is 11.3 Å². The average Bonchev–Trinajstić information content (AvgIpc) is 3.10. The van der Waals surface area contributed by atoms with Crippen molar-refractivity contribution in [3.05, 3.63) is 33.6 Å². The van der Waals surface area contributed by atoms with Gasteiger partial charge in [0.2, 0.25) is 0 Å². The third-order valence-corrected chi connectivity index (χ3v) is 5.42. The molecule has 1 aliphatic heterocycles. The Balaban J connectivity index is 1.48. The van der Waals surface area contributed by atoms with E-state index >= 15 is 0 Å². The zero-order chi connectivity index (χ0) is 16.4. The Labute approximate surface area is 142 Å². The number of aryl methyl sites for hydroxylation is 1. The molecule has 0 saturated carbocycles. The largest absolute Gasteiger partial charge is 0.360 e. The van der Waals surface area contributed by atoms with Crippen LogP contribution in [-0.4, -0.2) is 46.1 Å². The summed E-state index contributed by atoms with van der Waals surface area (Å²) in [7, 11) is 0. The lowest BCUT2D eigenvalue weighted by atomic mass is 9.98. The summed E-state index contributed by atoms with van der Waals surface area (Å²) in [5.41, 5.74) is 2.31. The van der Waals surface area contributed by atoms with Crippen molar-refractivity contribution in [2.24, 2.45) is 0 Å². The molecule has 3 rings (SSSR count). The van der Waals surface area contributed by atoms with Gasteiger partial charge in [-0.3, -0.25) is 9.80 Å². The van der Waals surface area contributed by atoms with Gasteiger partial charge in [0.1, 0.15) is 0 Å². The Bertz CT molecular complexity index is 635. The lowest BCUT2D eigenvalue weighted by Gasteiger charge is -2.33. The normalized spacial score (nSPS) is 17.7. The van der Waals surface area contributed by atoms with Crippen LogP contribution < -0.4 is 0 Å². The standard InChI is InChI=1S/C17H26N4OS/c1-13-9-15(22-19-13)11-21-7-5-20(6-8-21)10-14-12-23-16(18-14)17(2,3)4/h9,12H,5-8,10-11H2,1-4H3. The molecule has 2 aromatic rings. The quantitative estimate of drug-likeness (QED) is 0.860. The second kappa shape index (κ2) is 6.71. The van der Waals surface area contributed by atoms with Crippen molar-refractivity contribution in [2.45, 2.75) is 46.2 Å². The van der Waals surface area contributed by atoms with E-state index in [1.807, 2.05) is 13.0 Å². The molecule has 0 aliphatic carbocycles. The molecule has 0 spiro atoms. The van der Waals surface area contributed by atoms with E-state index in [-0.39, 0.29) is 5.41 Å². The predicted molar refractivity (Wildman–Crippen MR) is 92.6 cm³/mol. The smallest absolute Gasteiger partial charge is 0.150 e. The van der Waals surface area contributed by atoms with Crippen molar-refractivity contribution in [1.29, 1.82) is 0 Å². The van der Waals surface area contributed by atoms with Crippen LogP contribution in [0.1, 0.15) is 42.9 Å². The molecule has 23 heavy (non-hydrogen) atoms. The van der Waals surface area contributed by atoms with Crippen molar-refractivity contribution >= 4 is 11.3 Å². The summed E-state index contributed by atoms with van der Waals surface area (Å²) in [6.07, 6.45) is 0. The topological polar surface area (TPSA) is 45.4 Å². The molecular weight excluding hydrogens is 308 g/mol. The second-order valence-corrected chi connectivity index (χ2v) is 8.24. The fraction of sp³-hybridized carbons (Fsp3) is 0.647. The first-order chi connectivity index (χ1) is 10.9. The van der Waals surface area contributed by atoms with Gasteiger partial charge in [0.25, 0.3) is 0 Å². The third kappa shape index (κ3) is 4.40. The molecule has 5 nitrogen and oxygen atoms in total. The first kappa shape index (κ1) is 16.6. The van der Waals surface area contributed by atoms with Crippen LogP contribution >= 0.6 is 11.3 Å². The van der Waals surface area contributed by atoms with Crippen molar-refractivity contribution in [2.75, 3.05) is 26.2 Å². The van der Waals surface area contributed by atoms with Crippen LogP contribution in [0.4, 0.5) is 0 Å². The van der Waals surface area contributed by atoms with Gasteiger partial charge >= 0.3 is 0 Å². The molecule has 6 heteroatoms. The van der Waals surface area contributed by atoms with Gasteiger partial charge in [0, 0.05) is 49.6 Å². The van der Waals surface area contributed by atoms with Gasteiger partial charge in [0.05, 0.1) is 22.9 Å². The molecule has 0 unspecified atom stereocenters. The van der Waals surface area contributed by atoms with Gasteiger partial charge in [-0.05, 0) is 6.92 Å². The summed E-state index contributed by atoms with van der Waals surface area (Å²) < 4.78 is 5.31. The summed E-state index contributed by atoms with van der Waals surface area (Å²) in [4.78, 5) is 9.72. The van der Waals surface area contributed by atoms with Crippen LogP contribution in [0.2, 0.25) is 0 Å². The van der Waals surface area contributed by atoms with E-state index in [9.17, 15) is 0 Å². The fourth-order valence-corrected chi connectivity index (χ4v) is 3.67. The van der Waals surface area contributed by atoms with Crippen LogP contribution in [0.5, 0.6) is 0 Å². The minimum absolute atomic E-state index is 0.150. The van der Waals surface area contributed by atoms with Gasteiger partial charge in [-0.1, -0.05) is 25.9 Å². The third-order valence-electron chi connectivity index (χ3n) is 4.10. The van der Waals surface area contributed by atoms with E-state index in [0.29, 0.717) is 0 Å². The lowest BCUT2D eigenvalue weighted by Crippen LogP contribution is -2.45. The molecule has 0 N–H and O–H groups in total. The highest BCUT2D eigenvalue weighted by molar-refractivity contribution is 7.09. The first-order valence-electron chi connectivity index (χ1n) is 8.22. The zero-order valence-electron chi connectivity index (χ0n) is 14.5. The van der Waals surface area contributed by atoms with Crippen LogP contribution in [0.3, 0.4) is 0 Å². The van der Waals surface area contributed by atoms with Gasteiger partial charge in [-0.2, -0.15) is 0 Å². The van der Waals surface area contributed by atoms with Gasteiger partial charge in [0.15, 0.2) is 5.76 Å². The summed E-state index contributed by atoms with van der Waals surface area (Å²) >= 11 is 1.78. The van der Waals surface area contributed by atoms with Crippen molar-refractivity contribution in [1.82, 2.24) is 19.9 Å². The number of nitrogens with zero attached hydrogens (tertiary/aromatic N) is 4. The maximum absolute atomic E-state index is 5.31. The summed E-state index contributed by atoms with van der Waals surface area (Å²) in [6, 6.07) is 2.02. The van der Waals surface area contributed by atoms with Gasteiger partial charge < -0.3 is 4.52 Å². The van der Waals surface area contributed by atoms with Crippen molar-refractivity contribution in [3.8, 4) is 0 Å². The SMILES string of the molecule is Cc1cc(CN2CCN(Cc3csc(C(C)(C)C)n3)CC2)on1. The number of piperazine rings is 1. The lowest BCUT2D eigenvalue weighted by molar-refractivity contribution is 0.113. The van der Waals surface area contributed by atoms with E-state index < -0.39 is 0 Å². The minimum Gasteiger partial charge on any atom is -0.360 e. The molecule has 1 fully saturated rings. The van der Waals surface area contributed by atoms with Crippen LogP contribution in [0.15, 0.2) is 16.0 Å². The molecule has 1 saturated heterocycles. The maximum Gasteiger partial charge on any atom is 0.150 e. The highest BCUT2D eigenvalue weighted by atomic mass is 32.1. The number of hydrogen-bond donors (Lipinski definition) is 0. The molecule has 3 heterocycles. The molecule has 0 radical (unpaired) electrons. The Hall–Kier alpha value is -1.24. The summed E-state index contributed by atoms with van der Waals surface area (Å²) in [5, 5.41) is 7.40. The van der Waals surface area contributed by atoms with Crippen molar-refractivity contribution < 1.29 is 4.52 Å². The summed E-state index contributed by atoms with van der Waals surface area (Å²) in [6.45, 7) is 14.7. The molecular formula is C17H26N4OS. The maximum atomic E-state index is 5.31. The van der Waals surface area contributed by atoms with Crippen molar-refractivity contribution in [3.63, 3.8) is 0 Å². The number of rotatable bonds is 4. The van der Waals surface area contributed by atoms with Crippen LogP contribution in [-0.2, 0) is 18.5 Å². The van der Waals surface area contributed by atoms with Gasteiger partial charge in [-0.25, -0.2) is 4.98 Å². The Morgan fingerprint density at radius 1 is 1.13 bits per heavy atom. The molecule has 0 bridgehead atoms. The van der Waals surface area contributed by atoms with E-state index in [1.54, 1.807) is 11.3 Å². The first-order valence-corrected chi connectivity index (χ1v) is 9.10. The minimum atomic E-state index is 0.150. The van der Waals surface area contributed by atoms with E-state index in [1.165, 1.54) is 10.7 Å². The van der Waals surface area contributed by atoms with Crippen LogP contribution in [0, 0.1) is 6.92 Å². The van der Waals surface area contributed by atoms with Crippen LogP contribution in [0.25, 0.3) is 0 Å². The molecule has 0 amide bonds. The second-order valence-electron chi connectivity index (χ2n) is 7.38. The Morgan fingerprint density at radius 3 is 2.30 bits per heavy atom. The van der Waals surface area contributed by atoms with E-state index in [0.717, 1.165) is 50.7 Å². The van der Waals surface area contributed by atoms with E-state index in [2.05, 4.69) is 41.1 Å². The predicted octanol–water partition coefficient (Wildman–Crippen LogP) is 3.05. The Morgan fingerprint density at radius 2 is 1.78 bits per heavy atom. The molecule has 0 atom stereocenters. The monoisotopic (exact) mass is 334 g/mol. The summed E-state index contributed by atoms with van der Waals surface area (Å²) in [5.74, 6) is 0.963. The highest BCUT2D eigenvalue weighted by Gasteiger charge is 2.21. The number of aromatic nitrogens is 2.